The Labute approximate surface area is 93.4 Å². The maximum Gasteiger partial charge on any atom is 0.230 e. The summed E-state index contributed by atoms with van der Waals surface area (Å²) in [6, 6.07) is 9.65. The predicted octanol–water partition coefficient (Wildman–Crippen LogP) is 1.18. The van der Waals surface area contributed by atoms with Crippen LogP contribution in [0.2, 0.25) is 0 Å². The van der Waals surface area contributed by atoms with E-state index in [-0.39, 0.29) is 6.61 Å². The van der Waals surface area contributed by atoms with Crippen molar-refractivity contribution < 1.29 is 24.7 Å². The van der Waals surface area contributed by atoms with Gasteiger partial charge in [-0.05, 0) is 5.56 Å². The highest BCUT2D eigenvalue weighted by molar-refractivity contribution is 5.13. The molecule has 2 rings (SSSR count). The summed E-state index contributed by atoms with van der Waals surface area (Å²) >= 11 is 0. The lowest BCUT2D eigenvalue weighted by atomic mass is 10.2. The highest BCUT2D eigenvalue weighted by Crippen LogP contribution is 2.23. The number of hydrogen-bond donors (Lipinski definition) is 1. The molecule has 1 aromatic rings. The number of benzene rings is 1. The first-order valence-corrected chi connectivity index (χ1v) is 5.11. The monoisotopic (exact) mass is 226 g/mol. The zero-order valence-corrected chi connectivity index (χ0v) is 8.80. The molecule has 1 N–H and O–H groups in total. The Balaban J connectivity index is 1.92. The zero-order chi connectivity index (χ0) is 11.3. The first-order valence-electron chi connectivity index (χ1n) is 5.11. The van der Waals surface area contributed by atoms with E-state index in [0.29, 0.717) is 19.6 Å². The Morgan fingerprint density at radius 2 is 2.12 bits per heavy atom. The highest BCUT2D eigenvalue weighted by atomic mass is 17.5. The Morgan fingerprint density at radius 1 is 1.31 bits per heavy atom. The van der Waals surface area contributed by atoms with Gasteiger partial charge in [0.1, 0.15) is 6.61 Å². The van der Waals surface area contributed by atoms with Crippen LogP contribution in [-0.2, 0) is 26.2 Å². The molecule has 1 aliphatic heterocycles. The van der Waals surface area contributed by atoms with Gasteiger partial charge in [-0.15, -0.1) is 0 Å². The van der Waals surface area contributed by atoms with Gasteiger partial charge in [0.15, 0.2) is 0 Å². The first kappa shape index (κ1) is 11.5. The van der Waals surface area contributed by atoms with E-state index >= 15 is 0 Å². The van der Waals surface area contributed by atoms with Crippen LogP contribution in [0.4, 0.5) is 0 Å². The predicted molar refractivity (Wildman–Crippen MR) is 53.8 cm³/mol. The third kappa shape index (κ3) is 2.78. The first-order chi connectivity index (χ1) is 7.85. The molecule has 1 fully saturated rings. The van der Waals surface area contributed by atoms with E-state index in [1.165, 1.54) is 0 Å². The van der Waals surface area contributed by atoms with Gasteiger partial charge >= 0.3 is 0 Å². The van der Waals surface area contributed by atoms with Crippen molar-refractivity contribution in [2.24, 2.45) is 0 Å². The largest absolute Gasteiger partial charge is 0.391 e. The van der Waals surface area contributed by atoms with Crippen LogP contribution < -0.4 is 0 Å². The van der Waals surface area contributed by atoms with Crippen molar-refractivity contribution in [2.75, 3.05) is 13.2 Å². The quantitative estimate of drug-likeness (QED) is 0.781. The van der Waals surface area contributed by atoms with Crippen LogP contribution in [0.5, 0.6) is 0 Å². The molecule has 0 spiro atoms. The molecule has 0 amide bonds. The minimum Gasteiger partial charge on any atom is -0.391 e. The van der Waals surface area contributed by atoms with Crippen molar-refractivity contribution in [2.45, 2.75) is 18.8 Å². The van der Waals surface area contributed by atoms with Crippen LogP contribution in [0.15, 0.2) is 30.3 Å². The summed E-state index contributed by atoms with van der Waals surface area (Å²) in [6.45, 7) is 0.406. The molecule has 1 aliphatic rings. The number of ether oxygens (including phenoxy) is 1. The molecular formula is C11H14O5. The van der Waals surface area contributed by atoms with E-state index in [4.69, 9.17) is 9.62 Å². The molecular weight excluding hydrogens is 212 g/mol. The summed E-state index contributed by atoms with van der Waals surface area (Å²) in [6.07, 6.45) is 0.427. The lowest BCUT2D eigenvalue weighted by Crippen LogP contribution is -2.44. The zero-order valence-electron chi connectivity index (χ0n) is 8.80. The van der Waals surface area contributed by atoms with E-state index in [9.17, 15) is 5.11 Å². The van der Waals surface area contributed by atoms with Crippen LogP contribution >= 0.6 is 0 Å². The van der Waals surface area contributed by atoms with Crippen molar-refractivity contribution in [3.05, 3.63) is 35.9 Å². The lowest BCUT2D eigenvalue weighted by Gasteiger charge is -2.32. The van der Waals surface area contributed by atoms with E-state index in [2.05, 4.69) is 9.93 Å². The summed E-state index contributed by atoms with van der Waals surface area (Å²) in [5, 5.41) is 13.6. The average molecular weight is 226 g/mol. The summed E-state index contributed by atoms with van der Waals surface area (Å²) in [5.41, 5.74) is 1.01. The van der Waals surface area contributed by atoms with Crippen molar-refractivity contribution in [3.8, 4) is 0 Å². The van der Waals surface area contributed by atoms with E-state index < -0.39 is 5.79 Å². The summed E-state index contributed by atoms with van der Waals surface area (Å²) in [5.74, 6) is -1.12. The van der Waals surface area contributed by atoms with Crippen LogP contribution in [0.1, 0.15) is 12.0 Å². The molecule has 1 heterocycles. The molecule has 16 heavy (non-hydrogen) atoms. The van der Waals surface area contributed by atoms with Crippen LogP contribution in [-0.4, -0.2) is 24.1 Å². The third-order valence-electron chi connectivity index (χ3n) is 2.39. The third-order valence-corrected chi connectivity index (χ3v) is 2.39. The standard InChI is InChI=1S/C11H14O5/c12-9-11(6-7-14-16-15-11)13-8-10-4-2-1-3-5-10/h1-5,12H,6-9H2. The second-order valence-electron chi connectivity index (χ2n) is 3.57. The van der Waals surface area contributed by atoms with Crippen LogP contribution in [0, 0.1) is 0 Å². The molecule has 1 aromatic carbocycles. The van der Waals surface area contributed by atoms with Gasteiger partial charge in [-0.2, -0.15) is 4.89 Å². The summed E-state index contributed by atoms with van der Waals surface area (Å²) in [7, 11) is 0. The van der Waals surface area contributed by atoms with Gasteiger partial charge in [0.2, 0.25) is 5.79 Å². The van der Waals surface area contributed by atoms with Crippen molar-refractivity contribution >= 4 is 0 Å². The molecule has 0 radical (unpaired) electrons. The summed E-state index contributed by atoms with van der Waals surface area (Å²) in [4.78, 5) is 9.41. The fourth-order valence-electron chi connectivity index (χ4n) is 1.40. The second-order valence-corrected chi connectivity index (χ2v) is 3.57. The number of aliphatic hydroxyl groups excluding tert-OH is 1. The summed E-state index contributed by atoms with van der Waals surface area (Å²) < 4.78 is 5.53. The molecule has 1 saturated heterocycles. The number of aliphatic hydroxyl groups is 1. The van der Waals surface area contributed by atoms with Gasteiger partial charge in [-0.3, -0.25) is 0 Å². The molecule has 0 saturated carbocycles. The Bertz CT molecular complexity index is 307. The minimum atomic E-state index is -1.12. The van der Waals surface area contributed by atoms with Gasteiger partial charge in [0.25, 0.3) is 0 Å². The normalized spacial score (nSPS) is 25.6. The lowest BCUT2D eigenvalue weighted by molar-refractivity contribution is -0.602. The minimum absolute atomic E-state index is 0.275. The van der Waals surface area contributed by atoms with E-state index in [1.54, 1.807) is 0 Å². The molecule has 88 valence electrons. The molecule has 1 atom stereocenters. The second kappa shape index (κ2) is 5.38. The molecule has 0 aliphatic carbocycles. The van der Waals surface area contributed by atoms with Crippen molar-refractivity contribution in [1.82, 2.24) is 0 Å². The molecule has 5 heteroatoms. The SMILES string of the molecule is OCC1(OCc2ccccc2)CCOOO1. The van der Waals surface area contributed by atoms with Gasteiger partial charge in [0.05, 0.1) is 13.2 Å². The Hall–Kier alpha value is -0.980. The molecule has 0 bridgehead atoms. The van der Waals surface area contributed by atoms with Crippen molar-refractivity contribution in [1.29, 1.82) is 0 Å². The molecule has 0 aromatic heterocycles. The van der Waals surface area contributed by atoms with Crippen LogP contribution in [0.25, 0.3) is 0 Å². The van der Waals surface area contributed by atoms with E-state index in [1.807, 2.05) is 30.3 Å². The number of rotatable bonds is 4. The highest BCUT2D eigenvalue weighted by Gasteiger charge is 2.36. The average Bonchev–Trinajstić information content (AvgIpc) is 2.39. The maximum absolute atomic E-state index is 9.23. The Kier molecular flexibility index (Phi) is 3.87. The van der Waals surface area contributed by atoms with Gasteiger partial charge in [-0.25, -0.2) is 4.89 Å². The fourth-order valence-corrected chi connectivity index (χ4v) is 1.40. The Morgan fingerprint density at radius 3 is 2.75 bits per heavy atom. The van der Waals surface area contributed by atoms with Crippen LogP contribution in [0.3, 0.4) is 0 Å². The molecule has 5 nitrogen and oxygen atoms in total. The van der Waals surface area contributed by atoms with Gasteiger partial charge in [-0.1, -0.05) is 35.4 Å². The van der Waals surface area contributed by atoms with Gasteiger partial charge in [0, 0.05) is 6.42 Å². The van der Waals surface area contributed by atoms with Gasteiger partial charge < -0.3 is 9.84 Å². The topological polar surface area (TPSA) is 57.2 Å². The smallest absolute Gasteiger partial charge is 0.230 e. The fraction of sp³-hybridized carbons (Fsp3) is 0.455. The molecule has 1 unspecified atom stereocenters. The van der Waals surface area contributed by atoms with E-state index in [0.717, 1.165) is 5.56 Å². The maximum atomic E-state index is 9.23. The number of hydrogen-bond acceptors (Lipinski definition) is 5. The van der Waals surface area contributed by atoms with Crippen molar-refractivity contribution in [3.63, 3.8) is 0 Å².